The van der Waals surface area contributed by atoms with Crippen LogP contribution in [0.15, 0.2) is 0 Å². The second-order valence-corrected chi connectivity index (χ2v) is 9.88. The molecule has 0 aliphatic carbocycles. The fourth-order valence-corrected chi connectivity index (χ4v) is 3.76. The highest BCUT2D eigenvalue weighted by molar-refractivity contribution is 8.11. The van der Waals surface area contributed by atoms with Gasteiger partial charge in [-0.15, -0.1) is 25.3 Å². The lowest BCUT2D eigenvalue weighted by molar-refractivity contribution is 0.526. The molecule has 26 heavy (non-hydrogen) atoms. The molecule has 0 unspecified atom stereocenters. The molecule has 0 atom stereocenters. The van der Waals surface area contributed by atoms with Crippen LogP contribution in [0.2, 0.25) is 0 Å². The number of hydrogen-bond donors (Lipinski definition) is 3. The average Bonchev–Trinajstić information content (AvgIpc) is 2.59. The third kappa shape index (κ3) is 24.7. The molecule has 1 N–H and O–H groups in total. The third-order valence-electron chi connectivity index (χ3n) is 4.84. The summed E-state index contributed by atoms with van der Waals surface area (Å²) >= 11 is 18.1. The van der Waals surface area contributed by atoms with Gasteiger partial charge in [-0.25, -0.2) is 0 Å². The van der Waals surface area contributed by atoms with Crippen LogP contribution in [0.1, 0.15) is 116 Å². The fourth-order valence-electron chi connectivity index (χ4n) is 3.25. The van der Waals surface area contributed by atoms with E-state index in [1.165, 1.54) is 109 Å². The van der Waals surface area contributed by atoms with Gasteiger partial charge in [0.15, 0.2) is 0 Å². The largest absolute Gasteiger partial charge is 0.371 e. The Morgan fingerprint density at radius 2 is 0.808 bits per heavy atom. The summed E-state index contributed by atoms with van der Waals surface area (Å²) in [7, 11) is 0. The second-order valence-electron chi connectivity index (χ2n) is 7.39. The quantitative estimate of drug-likeness (QED) is 0.102. The van der Waals surface area contributed by atoms with E-state index in [2.05, 4.69) is 30.6 Å². The average molecular weight is 436 g/mol. The van der Waals surface area contributed by atoms with Crippen molar-refractivity contribution in [2.75, 3.05) is 6.54 Å². The Labute approximate surface area is 185 Å². The molecule has 1 nitrogen and oxygen atoms in total. The number of thiol groups is 2. The van der Waals surface area contributed by atoms with E-state index in [-0.39, 0.29) is 0 Å². The van der Waals surface area contributed by atoms with Crippen molar-refractivity contribution in [2.24, 2.45) is 0 Å². The minimum Gasteiger partial charge on any atom is -0.371 e. The van der Waals surface area contributed by atoms with Gasteiger partial charge in [0.2, 0.25) is 0 Å². The molecular formula is C21H41NS4. The molecule has 0 spiro atoms. The van der Waals surface area contributed by atoms with Crippen molar-refractivity contribution in [3.05, 3.63) is 0 Å². The molecular weight excluding hydrogens is 395 g/mol. The first-order valence-electron chi connectivity index (χ1n) is 10.8. The van der Waals surface area contributed by atoms with Crippen molar-refractivity contribution in [1.29, 1.82) is 0 Å². The number of unbranched alkanes of at least 4 members (excludes halogenated alkanes) is 16. The Hall–Kier alpha value is 0.680. The van der Waals surface area contributed by atoms with Crippen LogP contribution in [-0.4, -0.2) is 15.1 Å². The van der Waals surface area contributed by atoms with Gasteiger partial charge in [0, 0.05) is 10.7 Å². The van der Waals surface area contributed by atoms with Crippen LogP contribution in [0.5, 0.6) is 0 Å². The van der Waals surface area contributed by atoms with Gasteiger partial charge in [0.25, 0.3) is 0 Å². The maximum atomic E-state index is 4.98. The molecule has 154 valence electrons. The van der Waals surface area contributed by atoms with Gasteiger partial charge >= 0.3 is 0 Å². The van der Waals surface area contributed by atoms with Crippen LogP contribution >= 0.6 is 49.7 Å². The Balaban J connectivity index is 3.01. The molecule has 0 heterocycles. The predicted molar refractivity (Wildman–Crippen MR) is 134 cm³/mol. The van der Waals surface area contributed by atoms with Crippen LogP contribution in [0.4, 0.5) is 0 Å². The summed E-state index contributed by atoms with van der Waals surface area (Å²) in [6.07, 6.45) is 24.5. The molecule has 0 bridgehead atoms. The van der Waals surface area contributed by atoms with E-state index in [4.69, 9.17) is 24.4 Å². The third-order valence-corrected chi connectivity index (χ3v) is 5.57. The van der Waals surface area contributed by atoms with Gasteiger partial charge in [-0.2, -0.15) is 0 Å². The Morgan fingerprint density at radius 1 is 0.500 bits per heavy atom. The van der Waals surface area contributed by atoms with Crippen LogP contribution in [-0.2, 0) is 0 Å². The molecule has 0 fully saturated rings. The molecule has 0 aromatic carbocycles. The van der Waals surface area contributed by atoms with Crippen molar-refractivity contribution in [3.63, 3.8) is 0 Å². The van der Waals surface area contributed by atoms with Crippen molar-refractivity contribution in [3.8, 4) is 0 Å². The minimum atomic E-state index is 0.621. The highest BCUT2D eigenvalue weighted by Crippen LogP contribution is 2.14. The highest BCUT2D eigenvalue weighted by atomic mass is 32.1. The van der Waals surface area contributed by atoms with Crippen molar-refractivity contribution < 1.29 is 0 Å². The normalized spacial score (nSPS) is 10.8. The molecule has 0 aromatic heterocycles. The van der Waals surface area contributed by atoms with E-state index in [0.717, 1.165) is 17.2 Å². The van der Waals surface area contributed by atoms with Gasteiger partial charge in [-0.05, 0) is 19.3 Å². The van der Waals surface area contributed by atoms with Crippen molar-refractivity contribution in [2.45, 2.75) is 116 Å². The van der Waals surface area contributed by atoms with Crippen molar-refractivity contribution >= 4 is 58.2 Å². The molecule has 5 heteroatoms. The van der Waals surface area contributed by atoms with E-state index in [9.17, 15) is 0 Å². The van der Waals surface area contributed by atoms with Gasteiger partial charge in [0.1, 0.15) is 4.32 Å². The molecule has 0 saturated heterocycles. The van der Waals surface area contributed by atoms with E-state index >= 15 is 0 Å². The Kier molecular flexibility index (Phi) is 22.5. The van der Waals surface area contributed by atoms with Crippen LogP contribution in [0.3, 0.4) is 0 Å². The van der Waals surface area contributed by atoms with Gasteiger partial charge in [-0.3, -0.25) is 0 Å². The van der Waals surface area contributed by atoms with Gasteiger partial charge in [0.05, 0.1) is 0 Å². The highest BCUT2D eigenvalue weighted by Gasteiger charge is 1.96. The van der Waals surface area contributed by atoms with E-state index in [1.807, 2.05) is 0 Å². The zero-order valence-corrected chi connectivity index (χ0v) is 20.1. The lowest BCUT2D eigenvalue weighted by Gasteiger charge is -2.04. The first kappa shape index (κ1) is 26.7. The Morgan fingerprint density at radius 3 is 1.12 bits per heavy atom. The lowest BCUT2D eigenvalue weighted by atomic mass is 10.0. The maximum absolute atomic E-state index is 4.98. The summed E-state index contributed by atoms with van der Waals surface area (Å²) in [5.41, 5.74) is 0. The fraction of sp³-hybridized carbons (Fsp3) is 0.905. The number of rotatable bonds is 20. The standard InChI is InChI=1S/C21H41NS4/c23-20(24)18-16-14-12-10-8-6-4-2-1-3-5-7-9-11-13-15-17-19-22-21(25)26/h1-19H2,(H,23,24)(H2,22,25,26). The summed E-state index contributed by atoms with van der Waals surface area (Å²) in [5.74, 6) is 0. The zero-order chi connectivity index (χ0) is 19.3. The Bertz CT molecular complexity index is 302. The number of thiocarbonyl (C=S) groups is 2. The molecule has 0 amide bonds. The van der Waals surface area contributed by atoms with Crippen LogP contribution in [0.25, 0.3) is 0 Å². The smallest absolute Gasteiger partial charge is 0.130 e. The summed E-state index contributed by atoms with van der Waals surface area (Å²) in [5, 5.41) is 3.09. The summed E-state index contributed by atoms with van der Waals surface area (Å²) in [6, 6.07) is 0. The summed E-state index contributed by atoms with van der Waals surface area (Å²) in [6.45, 7) is 0.979. The molecule has 0 radical (unpaired) electrons. The topological polar surface area (TPSA) is 12.0 Å². The summed E-state index contributed by atoms with van der Waals surface area (Å²) < 4.78 is 1.49. The zero-order valence-electron chi connectivity index (χ0n) is 16.6. The molecule has 0 rings (SSSR count). The van der Waals surface area contributed by atoms with Gasteiger partial charge in [-0.1, -0.05) is 121 Å². The SMILES string of the molecule is S=C(S)CCCCCCCCCCCCCCCCCCCNC(=S)S. The van der Waals surface area contributed by atoms with Crippen molar-refractivity contribution in [1.82, 2.24) is 5.32 Å². The van der Waals surface area contributed by atoms with Gasteiger partial charge < -0.3 is 5.32 Å². The van der Waals surface area contributed by atoms with E-state index < -0.39 is 0 Å². The first-order valence-corrected chi connectivity index (χ1v) is 12.5. The van der Waals surface area contributed by atoms with Crippen LogP contribution in [0, 0.1) is 0 Å². The number of hydrogen-bond acceptors (Lipinski definition) is 2. The maximum Gasteiger partial charge on any atom is 0.130 e. The predicted octanol–water partition coefficient (Wildman–Crippen LogP) is 8.07. The monoisotopic (exact) mass is 435 g/mol. The summed E-state index contributed by atoms with van der Waals surface area (Å²) in [4.78, 5) is 0. The molecule has 0 aliphatic rings. The van der Waals surface area contributed by atoms with E-state index in [1.54, 1.807) is 0 Å². The first-order chi connectivity index (χ1) is 12.6. The number of nitrogens with one attached hydrogen (secondary N) is 1. The molecule has 0 aromatic rings. The molecule has 0 saturated carbocycles. The minimum absolute atomic E-state index is 0.621. The van der Waals surface area contributed by atoms with Crippen LogP contribution < -0.4 is 5.32 Å². The molecule has 0 aliphatic heterocycles. The van der Waals surface area contributed by atoms with E-state index in [0.29, 0.717) is 4.32 Å². The second kappa shape index (κ2) is 22.0. The lowest BCUT2D eigenvalue weighted by Crippen LogP contribution is -2.17.